The van der Waals surface area contributed by atoms with Crippen molar-refractivity contribution in [2.24, 2.45) is 17.6 Å². The van der Waals surface area contributed by atoms with Gasteiger partial charge in [0.15, 0.2) is 0 Å². The Hall–Kier alpha value is -3.41. The quantitative estimate of drug-likeness (QED) is 0.128. The number of nitrogens with zero attached hydrogens (tertiary/aromatic N) is 1. The van der Waals surface area contributed by atoms with Crippen LogP contribution in [0.1, 0.15) is 90.9 Å². The molecule has 12 heteroatoms. The number of likely N-dealkylation sites (tertiary alicyclic amines) is 1. The molecule has 3 rings (SSSR count). The first kappa shape index (κ1) is 34.1. The van der Waals surface area contributed by atoms with Crippen molar-refractivity contribution in [2.45, 2.75) is 103 Å². The molecule has 0 spiro atoms. The van der Waals surface area contributed by atoms with E-state index in [0.29, 0.717) is 43.5 Å². The number of carbonyl (C=O) groups excluding carboxylic acids is 4. The molecule has 3 aliphatic rings. The third-order valence-electron chi connectivity index (χ3n) is 7.93. The molecule has 1 aliphatic heterocycles. The van der Waals surface area contributed by atoms with Crippen molar-refractivity contribution in [3.05, 3.63) is 47.2 Å². The SMILES string of the molecule is C=C[C@@H]1CC1/C(=C\CC)NS(=O)(=O)C1=CCCC=C1NC(=O)CCCCCCCC(=O)N1C[C@H](OC(C)=O)CC1C(N)=O. The highest BCUT2D eigenvalue weighted by atomic mass is 32.2. The highest BCUT2D eigenvalue weighted by molar-refractivity contribution is 7.93. The molecule has 3 amide bonds. The van der Waals surface area contributed by atoms with Crippen LogP contribution in [0.25, 0.3) is 0 Å². The summed E-state index contributed by atoms with van der Waals surface area (Å²) in [5.41, 5.74) is 6.45. The number of allylic oxidation sites excluding steroid dienone is 5. The summed E-state index contributed by atoms with van der Waals surface area (Å²) in [6, 6.07) is -0.770. The number of hydrogen-bond acceptors (Lipinski definition) is 7. The number of amides is 3. The molecule has 0 aromatic heterocycles. The van der Waals surface area contributed by atoms with Gasteiger partial charge in [0.2, 0.25) is 17.7 Å². The molecular weight excluding hydrogens is 572 g/mol. The van der Waals surface area contributed by atoms with E-state index in [1.165, 1.54) is 11.8 Å². The maximum absolute atomic E-state index is 13.3. The minimum atomic E-state index is -3.85. The molecule has 4 N–H and O–H groups in total. The largest absolute Gasteiger partial charge is 0.461 e. The maximum atomic E-state index is 13.3. The van der Waals surface area contributed by atoms with Gasteiger partial charge >= 0.3 is 5.97 Å². The van der Waals surface area contributed by atoms with Crippen LogP contribution in [0, 0.1) is 11.8 Å². The fourth-order valence-electron chi connectivity index (χ4n) is 5.66. The number of primary amides is 1. The van der Waals surface area contributed by atoms with Crippen LogP contribution in [0.2, 0.25) is 0 Å². The number of nitrogens with two attached hydrogens (primary N) is 1. The van der Waals surface area contributed by atoms with Crippen molar-refractivity contribution in [2.75, 3.05) is 6.54 Å². The Balaban J connectivity index is 1.38. The molecule has 1 saturated carbocycles. The van der Waals surface area contributed by atoms with E-state index in [-0.39, 0.29) is 54.4 Å². The second-order valence-corrected chi connectivity index (χ2v) is 13.1. The number of sulfonamides is 1. The third kappa shape index (κ3) is 10.1. The number of carbonyl (C=O) groups is 4. The molecule has 43 heavy (non-hydrogen) atoms. The molecule has 2 aliphatic carbocycles. The Bertz CT molecular complexity index is 1270. The first-order valence-electron chi connectivity index (χ1n) is 15.3. The van der Waals surface area contributed by atoms with Crippen LogP contribution in [-0.4, -0.2) is 55.7 Å². The molecule has 2 unspecified atom stereocenters. The predicted octanol–water partition coefficient (Wildman–Crippen LogP) is 3.45. The Morgan fingerprint density at radius 1 is 1.07 bits per heavy atom. The van der Waals surface area contributed by atoms with Crippen molar-refractivity contribution in [3.63, 3.8) is 0 Å². The van der Waals surface area contributed by atoms with Gasteiger partial charge in [-0.1, -0.05) is 50.5 Å². The third-order valence-corrected chi connectivity index (χ3v) is 9.40. The minimum Gasteiger partial charge on any atom is -0.461 e. The summed E-state index contributed by atoms with van der Waals surface area (Å²) in [5, 5.41) is 2.80. The molecule has 1 saturated heterocycles. The molecule has 11 nitrogen and oxygen atoms in total. The van der Waals surface area contributed by atoms with Crippen molar-refractivity contribution in [1.29, 1.82) is 0 Å². The lowest BCUT2D eigenvalue weighted by atomic mass is 10.1. The highest BCUT2D eigenvalue weighted by Crippen LogP contribution is 2.44. The van der Waals surface area contributed by atoms with Gasteiger partial charge in [0, 0.05) is 37.8 Å². The zero-order valence-corrected chi connectivity index (χ0v) is 26.1. The predicted molar refractivity (Wildman–Crippen MR) is 163 cm³/mol. The number of nitrogens with one attached hydrogen (secondary N) is 2. The van der Waals surface area contributed by atoms with Crippen molar-refractivity contribution >= 4 is 33.7 Å². The van der Waals surface area contributed by atoms with Gasteiger partial charge in [0.1, 0.15) is 17.1 Å². The number of esters is 1. The Kier molecular flexibility index (Phi) is 12.6. The van der Waals surface area contributed by atoms with Crippen LogP contribution in [0.3, 0.4) is 0 Å². The minimum absolute atomic E-state index is 0.102. The van der Waals surface area contributed by atoms with Gasteiger partial charge in [-0.3, -0.25) is 23.9 Å². The normalized spacial score (nSPS) is 23.6. The van der Waals surface area contributed by atoms with E-state index in [1.807, 2.05) is 19.1 Å². The highest BCUT2D eigenvalue weighted by Gasteiger charge is 2.40. The lowest BCUT2D eigenvalue weighted by Crippen LogP contribution is -2.43. The standard InChI is InChI=1S/C31H46N4O7S/c1-4-13-25(24-18-22(24)5-2)34-43(40,41)28-15-12-11-14-26(28)33-29(37)16-9-7-6-8-10-17-30(38)35-20-23(42-21(3)36)19-27(35)31(32)39/h5,13-15,22-24,27,34H,2,4,6-12,16-20H2,1,3H3,(H2,32,39)(H,33,37)/b25-13+/t22-,23-,24?,27?/m1/s1. The fourth-order valence-corrected chi connectivity index (χ4v) is 7.08. The van der Waals surface area contributed by atoms with Crippen LogP contribution in [0.5, 0.6) is 0 Å². The van der Waals surface area contributed by atoms with Crippen molar-refractivity contribution in [1.82, 2.24) is 14.9 Å². The summed E-state index contributed by atoms with van der Waals surface area (Å²) in [5.74, 6) is -1.10. The van der Waals surface area contributed by atoms with E-state index in [4.69, 9.17) is 10.5 Å². The van der Waals surface area contributed by atoms with Gasteiger partial charge in [-0.25, -0.2) is 8.42 Å². The van der Waals surface area contributed by atoms with E-state index >= 15 is 0 Å². The second-order valence-electron chi connectivity index (χ2n) is 11.4. The van der Waals surface area contributed by atoms with Crippen LogP contribution >= 0.6 is 0 Å². The van der Waals surface area contributed by atoms with Crippen molar-refractivity contribution in [3.8, 4) is 0 Å². The second kappa shape index (κ2) is 15.9. The zero-order chi connectivity index (χ0) is 31.6. The van der Waals surface area contributed by atoms with Gasteiger partial charge in [0.25, 0.3) is 10.0 Å². The molecule has 4 atom stereocenters. The molecule has 1 heterocycles. The van der Waals surface area contributed by atoms with Gasteiger partial charge in [-0.15, -0.1) is 6.58 Å². The lowest BCUT2D eigenvalue weighted by Gasteiger charge is -2.21. The summed E-state index contributed by atoms with van der Waals surface area (Å²) in [6.45, 7) is 7.23. The molecule has 0 radical (unpaired) electrons. The number of unbranched alkanes of at least 4 members (excludes halogenated alkanes) is 4. The molecule has 0 aromatic rings. The van der Waals surface area contributed by atoms with E-state index in [2.05, 4.69) is 16.6 Å². The molecule has 238 valence electrons. The van der Waals surface area contributed by atoms with E-state index < -0.39 is 34.0 Å². The van der Waals surface area contributed by atoms with Gasteiger partial charge in [-0.2, -0.15) is 0 Å². The van der Waals surface area contributed by atoms with E-state index in [1.54, 1.807) is 12.2 Å². The fraction of sp³-hybridized carbons (Fsp3) is 0.613. The number of ether oxygens (including phenoxy) is 1. The van der Waals surface area contributed by atoms with Crippen LogP contribution in [-0.2, 0) is 33.9 Å². The number of hydrogen-bond donors (Lipinski definition) is 3. The zero-order valence-electron chi connectivity index (χ0n) is 25.3. The molecular formula is C31H46N4O7S. The monoisotopic (exact) mass is 618 g/mol. The summed E-state index contributed by atoms with van der Waals surface area (Å²) in [4.78, 5) is 49.9. The first-order chi connectivity index (χ1) is 20.5. The Morgan fingerprint density at radius 3 is 2.37 bits per heavy atom. The van der Waals surface area contributed by atoms with Crippen molar-refractivity contribution < 1.29 is 32.3 Å². The topological polar surface area (TPSA) is 165 Å². The molecule has 0 bridgehead atoms. The van der Waals surface area contributed by atoms with E-state index in [9.17, 15) is 27.6 Å². The van der Waals surface area contributed by atoms with Gasteiger partial charge < -0.3 is 20.7 Å². The maximum Gasteiger partial charge on any atom is 0.302 e. The summed E-state index contributed by atoms with van der Waals surface area (Å²) < 4.78 is 34.5. The smallest absolute Gasteiger partial charge is 0.302 e. The van der Waals surface area contributed by atoms with Crippen LogP contribution in [0.15, 0.2) is 47.2 Å². The number of rotatable bonds is 17. The Morgan fingerprint density at radius 2 is 1.74 bits per heavy atom. The summed E-state index contributed by atoms with van der Waals surface area (Å²) in [7, 11) is -3.85. The van der Waals surface area contributed by atoms with E-state index in [0.717, 1.165) is 25.7 Å². The summed E-state index contributed by atoms with van der Waals surface area (Å²) in [6.07, 6.45) is 13.8. The molecule has 2 fully saturated rings. The lowest BCUT2D eigenvalue weighted by molar-refractivity contribution is -0.146. The van der Waals surface area contributed by atoms with Gasteiger partial charge in [-0.05, 0) is 44.4 Å². The Labute approximate surface area is 255 Å². The first-order valence-corrected chi connectivity index (χ1v) is 16.8. The van der Waals surface area contributed by atoms with Crippen LogP contribution < -0.4 is 15.8 Å². The average molecular weight is 619 g/mol. The van der Waals surface area contributed by atoms with Crippen LogP contribution in [0.4, 0.5) is 0 Å². The molecule has 0 aromatic carbocycles. The average Bonchev–Trinajstić information content (AvgIpc) is 3.62. The van der Waals surface area contributed by atoms with Gasteiger partial charge in [0.05, 0.1) is 12.2 Å². The summed E-state index contributed by atoms with van der Waals surface area (Å²) >= 11 is 0.